The smallest absolute Gasteiger partial charge is 0.243 e. The van der Waals surface area contributed by atoms with Gasteiger partial charge < -0.3 is 10.2 Å². The number of benzene rings is 1. The van der Waals surface area contributed by atoms with E-state index in [1.807, 2.05) is 19.9 Å². The lowest BCUT2D eigenvalue weighted by molar-refractivity contribution is 0.403. The normalized spacial score (nSPS) is 10.8. The van der Waals surface area contributed by atoms with E-state index in [1.54, 1.807) is 6.07 Å². The van der Waals surface area contributed by atoms with E-state index in [2.05, 4.69) is 20.5 Å². The summed E-state index contributed by atoms with van der Waals surface area (Å²) in [5.74, 6) is 0.0612. The second-order valence-corrected chi connectivity index (χ2v) is 4.09. The third-order valence-corrected chi connectivity index (χ3v) is 2.36. The summed E-state index contributed by atoms with van der Waals surface area (Å²) in [5.41, 5.74) is 5.07. The molecule has 2 aromatic rings. The van der Waals surface area contributed by atoms with Gasteiger partial charge >= 0.3 is 0 Å². The van der Waals surface area contributed by atoms with Crippen molar-refractivity contribution < 1.29 is 10.2 Å². The van der Waals surface area contributed by atoms with Gasteiger partial charge in [-0.25, -0.2) is 15.4 Å². The van der Waals surface area contributed by atoms with Crippen LogP contribution in [0.25, 0.3) is 0 Å². The first kappa shape index (κ1) is 12.8. The Morgan fingerprint density at radius 2 is 1.74 bits per heavy atom. The molecule has 0 radical (unpaired) electrons. The van der Waals surface area contributed by atoms with E-state index >= 15 is 0 Å². The third-order valence-electron chi connectivity index (χ3n) is 2.36. The number of rotatable bonds is 3. The van der Waals surface area contributed by atoms with Crippen LogP contribution in [0.4, 0.5) is 5.95 Å². The van der Waals surface area contributed by atoms with Crippen LogP contribution >= 0.6 is 0 Å². The minimum Gasteiger partial charge on any atom is -0.504 e. The Morgan fingerprint density at radius 1 is 1.05 bits per heavy atom. The van der Waals surface area contributed by atoms with Gasteiger partial charge in [-0.15, -0.1) is 0 Å². The lowest BCUT2D eigenvalue weighted by atomic mass is 10.2. The molecule has 0 bridgehead atoms. The second kappa shape index (κ2) is 5.34. The molecule has 0 aliphatic carbocycles. The van der Waals surface area contributed by atoms with Crippen molar-refractivity contribution in [2.45, 2.75) is 13.8 Å². The number of nitrogens with zero attached hydrogens (tertiary/aromatic N) is 3. The summed E-state index contributed by atoms with van der Waals surface area (Å²) < 4.78 is 0. The van der Waals surface area contributed by atoms with E-state index < -0.39 is 0 Å². The quantitative estimate of drug-likeness (QED) is 0.444. The zero-order valence-electron chi connectivity index (χ0n) is 10.6. The number of hydrazone groups is 1. The zero-order valence-corrected chi connectivity index (χ0v) is 10.6. The fraction of sp³-hybridized carbons (Fsp3) is 0.154. The molecule has 98 valence electrons. The highest BCUT2D eigenvalue weighted by Gasteiger charge is 1.99. The highest BCUT2D eigenvalue weighted by molar-refractivity contribution is 5.81. The Morgan fingerprint density at radius 3 is 2.37 bits per heavy atom. The minimum absolute atomic E-state index is 0.164. The van der Waals surface area contributed by atoms with E-state index in [0.29, 0.717) is 11.5 Å². The molecular formula is C13H14N4O2. The van der Waals surface area contributed by atoms with Crippen LogP contribution in [0.1, 0.15) is 17.0 Å². The fourth-order valence-electron chi connectivity index (χ4n) is 1.56. The van der Waals surface area contributed by atoms with Gasteiger partial charge in [-0.3, -0.25) is 0 Å². The van der Waals surface area contributed by atoms with Gasteiger partial charge in [0.2, 0.25) is 5.95 Å². The molecule has 1 aromatic heterocycles. The molecule has 0 fully saturated rings. The van der Waals surface area contributed by atoms with Gasteiger partial charge in [-0.05, 0) is 43.7 Å². The second-order valence-electron chi connectivity index (χ2n) is 4.09. The predicted octanol–water partition coefficient (Wildman–Crippen LogP) is 1.95. The number of aromatic nitrogens is 2. The lowest BCUT2D eigenvalue weighted by Crippen LogP contribution is -1.99. The van der Waals surface area contributed by atoms with Crippen LogP contribution in [-0.4, -0.2) is 26.4 Å². The Bertz CT molecular complexity index is 606. The van der Waals surface area contributed by atoms with Crippen molar-refractivity contribution in [2.75, 3.05) is 5.43 Å². The van der Waals surface area contributed by atoms with Crippen molar-refractivity contribution in [3.63, 3.8) is 0 Å². The van der Waals surface area contributed by atoms with Crippen molar-refractivity contribution >= 4 is 12.2 Å². The van der Waals surface area contributed by atoms with Crippen molar-refractivity contribution in [3.05, 3.63) is 41.2 Å². The van der Waals surface area contributed by atoms with Crippen LogP contribution in [-0.2, 0) is 0 Å². The molecule has 3 N–H and O–H groups in total. The molecule has 0 amide bonds. The van der Waals surface area contributed by atoms with Gasteiger partial charge in [0.25, 0.3) is 0 Å². The molecular weight excluding hydrogens is 244 g/mol. The highest BCUT2D eigenvalue weighted by Crippen LogP contribution is 2.23. The monoisotopic (exact) mass is 258 g/mol. The first-order valence-corrected chi connectivity index (χ1v) is 5.68. The van der Waals surface area contributed by atoms with Crippen LogP contribution < -0.4 is 5.43 Å². The molecule has 0 saturated carbocycles. The molecule has 1 heterocycles. The maximum absolute atomic E-state index is 9.33. The molecule has 2 rings (SSSR count). The van der Waals surface area contributed by atoms with Crippen LogP contribution in [0, 0.1) is 13.8 Å². The minimum atomic E-state index is -0.188. The molecule has 0 saturated heterocycles. The van der Waals surface area contributed by atoms with Gasteiger partial charge in [-0.2, -0.15) is 5.10 Å². The number of hydrogen-bond donors (Lipinski definition) is 3. The largest absolute Gasteiger partial charge is 0.504 e. The van der Waals surface area contributed by atoms with E-state index in [0.717, 1.165) is 11.4 Å². The molecule has 0 aliphatic heterocycles. The van der Waals surface area contributed by atoms with Crippen LogP contribution in [0.5, 0.6) is 11.5 Å². The molecule has 0 unspecified atom stereocenters. The third kappa shape index (κ3) is 3.41. The summed E-state index contributed by atoms with van der Waals surface area (Å²) in [6.45, 7) is 3.75. The van der Waals surface area contributed by atoms with Gasteiger partial charge in [0.1, 0.15) is 0 Å². The first-order chi connectivity index (χ1) is 9.04. The van der Waals surface area contributed by atoms with Crippen LogP contribution in [0.2, 0.25) is 0 Å². The summed E-state index contributed by atoms with van der Waals surface area (Å²) in [7, 11) is 0. The average Bonchev–Trinajstić information content (AvgIpc) is 2.32. The zero-order chi connectivity index (χ0) is 13.8. The Labute approximate surface area is 110 Å². The Kier molecular flexibility index (Phi) is 3.61. The Hall–Kier alpha value is -2.63. The summed E-state index contributed by atoms with van der Waals surface area (Å²) in [4.78, 5) is 8.34. The lowest BCUT2D eigenvalue weighted by Gasteiger charge is -2.02. The molecule has 0 atom stereocenters. The molecule has 0 spiro atoms. The van der Waals surface area contributed by atoms with E-state index in [9.17, 15) is 10.2 Å². The first-order valence-electron chi connectivity index (χ1n) is 5.68. The van der Waals surface area contributed by atoms with E-state index in [-0.39, 0.29) is 11.5 Å². The number of aromatic hydroxyl groups is 2. The van der Waals surface area contributed by atoms with Gasteiger partial charge in [0.15, 0.2) is 11.5 Å². The van der Waals surface area contributed by atoms with Crippen molar-refractivity contribution in [3.8, 4) is 11.5 Å². The molecule has 6 heteroatoms. The Balaban J connectivity index is 2.08. The molecule has 19 heavy (non-hydrogen) atoms. The number of aryl methyl sites for hydroxylation is 2. The molecule has 6 nitrogen and oxygen atoms in total. The average molecular weight is 258 g/mol. The van der Waals surface area contributed by atoms with Gasteiger partial charge in [0.05, 0.1) is 6.21 Å². The van der Waals surface area contributed by atoms with Crippen molar-refractivity contribution in [2.24, 2.45) is 5.10 Å². The number of hydrogen-bond acceptors (Lipinski definition) is 6. The number of nitrogens with one attached hydrogen (secondary N) is 1. The highest BCUT2D eigenvalue weighted by atomic mass is 16.3. The SMILES string of the molecule is Cc1cc(C)nc(N/N=C/c2ccc(O)c(O)c2)n1. The predicted molar refractivity (Wildman–Crippen MR) is 72.5 cm³/mol. The summed E-state index contributed by atoms with van der Waals surface area (Å²) in [5, 5.41) is 22.5. The summed E-state index contributed by atoms with van der Waals surface area (Å²) >= 11 is 0. The van der Waals surface area contributed by atoms with E-state index in [4.69, 9.17) is 0 Å². The molecule has 1 aromatic carbocycles. The van der Waals surface area contributed by atoms with Gasteiger partial charge in [-0.1, -0.05) is 0 Å². The molecule has 0 aliphatic rings. The summed E-state index contributed by atoms with van der Waals surface area (Å²) in [6.07, 6.45) is 1.50. The fourth-order valence-corrected chi connectivity index (χ4v) is 1.56. The topological polar surface area (TPSA) is 90.6 Å². The maximum Gasteiger partial charge on any atom is 0.243 e. The van der Waals surface area contributed by atoms with Gasteiger partial charge in [0, 0.05) is 11.4 Å². The van der Waals surface area contributed by atoms with Crippen LogP contribution in [0.15, 0.2) is 29.4 Å². The van der Waals surface area contributed by atoms with Crippen molar-refractivity contribution in [1.29, 1.82) is 0 Å². The number of phenolic OH excluding ortho intramolecular Hbond substituents is 2. The van der Waals surface area contributed by atoms with E-state index in [1.165, 1.54) is 18.3 Å². The summed E-state index contributed by atoms with van der Waals surface area (Å²) in [6, 6.07) is 6.29. The maximum atomic E-state index is 9.33. The standard InChI is InChI=1S/C13H14N4O2/c1-8-5-9(2)16-13(15-8)17-14-7-10-3-4-11(18)12(19)6-10/h3-7,18-19H,1-2H3,(H,15,16,17)/b14-7+. The van der Waals surface area contributed by atoms with Crippen molar-refractivity contribution in [1.82, 2.24) is 9.97 Å². The number of anilines is 1. The number of phenols is 2. The van der Waals surface area contributed by atoms with Crippen LogP contribution in [0.3, 0.4) is 0 Å².